The maximum absolute atomic E-state index is 5.74. The Kier molecular flexibility index (Phi) is 5.61. The van der Waals surface area contributed by atoms with Gasteiger partial charge in [-0.2, -0.15) is 0 Å². The van der Waals surface area contributed by atoms with Crippen LogP contribution < -0.4 is 0 Å². The summed E-state index contributed by atoms with van der Waals surface area (Å²) in [6.45, 7) is 4.36. The molecule has 0 N–H and O–H groups in total. The molecule has 0 spiro atoms. The van der Waals surface area contributed by atoms with Gasteiger partial charge in [-0.25, -0.2) is 4.68 Å². The van der Waals surface area contributed by atoms with E-state index in [9.17, 15) is 0 Å². The first-order valence-electron chi connectivity index (χ1n) is 5.62. The van der Waals surface area contributed by atoms with Crippen LogP contribution in [0, 0.1) is 0 Å². The topological polar surface area (TPSA) is 43.6 Å². The number of hydrogen-bond acceptors (Lipinski definition) is 3. The summed E-state index contributed by atoms with van der Waals surface area (Å²) in [6.07, 6.45) is 6.22. The molecule has 1 aromatic rings. The highest BCUT2D eigenvalue weighted by Gasteiger charge is 2.11. The van der Waals surface area contributed by atoms with Crippen LogP contribution in [-0.2, 0) is 5.88 Å². The first kappa shape index (κ1) is 12.4. The van der Waals surface area contributed by atoms with Gasteiger partial charge in [0.25, 0.3) is 0 Å². The van der Waals surface area contributed by atoms with E-state index in [-0.39, 0.29) is 0 Å². The Morgan fingerprint density at radius 1 is 1.33 bits per heavy atom. The zero-order valence-corrected chi connectivity index (χ0v) is 10.2. The van der Waals surface area contributed by atoms with Crippen LogP contribution in [0.5, 0.6) is 0 Å². The maximum atomic E-state index is 5.74. The second-order valence-electron chi connectivity index (χ2n) is 3.87. The standard InChI is InChI=1S/C10H19ClN4/c1-3-4-5-6-7-9(2)15-10(8-11)12-13-14-15/h9H,3-8H2,1-2H3. The van der Waals surface area contributed by atoms with Crippen molar-refractivity contribution < 1.29 is 0 Å². The molecule has 0 bridgehead atoms. The molecule has 15 heavy (non-hydrogen) atoms. The Labute approximate surface area is 96.0 Å². The number of aromatic nitrogens is 4. The molecule has 0 fully saturated rings. The third-order valence-electron chi connectivity index (χ3n) is 2.57. The Morgan fingerprint density at radius 2 is 2.13 bits per heavy atom. The van der Waals surface area contributed by atoms with Crippen LogP contribution in [-0.4, -0.2) is 20.2 Å². The van der Waals surface area contributed by atoms with Crippen molar-refractivity contribution in [3.63, 3.8) is 0 Å². The van der Waals surface area contributed by atoms with Gasteiger partial charge in [0, 0.05) is 0 Å². The molecule has 0 aliphatic carbocycles. The van der Waals surface area contributed by atoms with Crippen molar-refractivity contribution in [1.82, 2.24) is 20.2 Å². The summed E-state index contributed by atoms with van der Waals surface area (Å²) in [5.74, 6) is 1.14. The summed E-state index contributed by atoms with van der Waals surface area (Å²) in [7, 11) is 0. The van der Waals surface area contributed by atoms with Crippen LogP contribution in [0.3, 0.4) is 0 Å². The lowest BCUT2D eigenvalue weighted by Gasteiger charge is -2.11. The van der Waals surface area contributed by atoms with Crippen LogP contribution in [0.1, 0.15) is 57.8 Å². The number of hydrogen-bond donors (Lipinski definition) is 0. The molecule has 0 amide bonds. The van der Waals surface area contributed by atoms with Crippen LogP contribution in [0.4, 0.5) is 0 Å². The quantitative estimate of drug-likeness (QED) is 0.534. The molecular weight excluding hydrogens is 212 g/mol. The third-order valence-corrected chi connectivity index (χ3v) is 2.81. The lowest BCUT2D eigenvalue weighted by molar-refractivity contribution is 0.417. The van der Waals surface area contributed by atoms with Crippen molar-refractivity contribution in [3.8, 4) is 0 Å². The molecule has 0 saturated carbocycles. The Morgan fingerprint density at radius 3 is 2.80 bits per heavy atom. The predicted molar refractivity (Wildman–Crippen MR) is 60.8 cm³/mol. The fourth-order valence-corrected chi connectivity index (χ4v) is 1.81. The second kappa shape index (κ2) is 6.77. The lowest BCUT2D eigenvalue weighted by Crippen LogP contribution is -2.10. The van der Waals surface area contributed by atoms with Crippen LogP contribution in [0.25, 0.3) is 0 Å². The molecule has 0 radical (unpaired) electrons. The minimum atomic E-state index is 0.352. The van der Waals surface area contributed by atoms with E-state index in [0.717, 1.165) is 12.2 Å². The average Bonchev–Trinajstić information content (AvgIpc) is 2.72. The van der Waals surface area contributed by atoms with E-state index >= 15 is 0 Å². The normalized spacial score (nSPS) is 13.0. The highest BCUT2D eigenvalue weighted by molar-refractivity contribution is 6.16. The van der Waals surface area contributed by atoms with Crippen LogP contribution in [0.2, 0.25) is 0 Å². The fourth-order valence-electron chi connectivity index (χ4n) is 1.63. The molecule has 4 nitrogen and oxygen atoms in total. The summed E-state index contributed by atoms with van der Waals surface area (Å²) in [5.41, 5.74) is 0. The van der Waals surface area contributed by atoms with E-state index < -0.39 is 0 Å². The van der Waals surface area contributed by atoms with Gasteiger partial charge in [-0.3, -0.25) is 0 Å². The summed E-state index contributed by atoms with van der Waals surface area (Å²) in [4.78, 5) is 0. The zero-order chi connectivity index (χ0) is 11.1. The molecule has 1 unspecified atom stereocenters. The number of nitrogens with zero attached hydrogens (tertiary/aromatic N) is 4. The Bertz CT molecular complexity index is 274. The van der Waals surface area contributed by atoms with Gasteiger partial charge in [-0.05, 0) is 23.8 Å². The molecule has 5 heteroatoms. The van der Waals surface area contributed by atoms with Gasteiger partial charge < -0.3 is 0 Å². The predicted octanol–water partition coefficient (Wildman–Crippen LogP) is 2.94. The largest absolute Gasteiger partial charge is 0.226 e. The van der Waals surface area contributed by atoms with Crippen LogP contribution in [0.15, 0.2) is 0 Å². The smallest absolute Gasteiger partial charge is 0.166 e. The number of alkyl halides is 1. The van der Waals surface area contributed by atoms with E-state index in [2.05, 4.69) is 29.4 Å². The first-order valence-corrected chi connectivity index (χ1v) is 6.15. The van der Waals surface area contributed by atoms with Crippen molar-refractivity contribution in [2.24, 2.45) is 0 Å². The van der Waals surface area contributed by atoms with E-state index in [1.807, 2.05) is 4.68 Å². The first-order chi connectivity index (χ1) is 7.29. The van der Waals surface area contributed by atoms with E-state index in [1.54, 1.807) is 0 Å². The monoisotopic (exact) mass is 230 g/mol. The maximum Gasteiger partial charge on any atom is 0.166 e. The average molecular weight is 231 g/mol. The summed E-state index contributed by atoms with van der Waals surface area (Å²) >= 11 is 5.74. The van der Waals surface area contributed by atoms with Crippen molar-refractivity contribution in [1.29, 1.82) is 0 Å². The van der Waals surface area contributed by atoms with Gasteiger partial charge in [0.2, 0.25) is 0 Å². The summed E-state index contributed by atoms with van der Waals surface area (Å²) < 4.78 is 1.83. The molecular formula is C10H19ClN4. The molecule has 0 saturated heterocycles. The molecule has 1 rings (SSSR count). The van der Waals surface area contributed by atoms with Gasteiger partial charge in [-0.15, -0.1) is 16.7 Å². The lowest BCUT2D eigenvalue weighted by atomic mass is 10.1. The molecule has 0 aromatic carbocycles. The summed E-state index contributed by atoms with van der Waals surface area (Å²) in [5, 5.41) is 11.5. The molecule has 1 atom stereocenters. The number of halogens is 1. The second-order valence-corrected chi connectivity index (χ2v) is 4.14. The van der Waals surface area contributed by atoms with Gasteiger partial charge >= 0.3 is 0 Å². The molecule has 1 heterocycles. The highest BCUT2D eigenvalue weighted by Crippen LogP contribution is 2.16. The molecule has 0 aliphatic rings. The SMILES string of the molecule is CCCCCCC(C)n1nnnc1CCl. The number of unbranched alkanes of at least 4 members (excludes halogenated alkanes) is 3. The minimum Gasteiger partial charge on any atom is -0.226 e. The number of rotatable bonds is 7. The third kappa shape index (κ3) is 3.78. The van der Waals surface area contributed by atoms with E-state index in [1.165, 1.54) is 25.7 Å². The molecule has 86 valence electrons. The van der Waals surface area contributed by atoms with Gasteiger partial charge in [0.15, 0.2) is 5.82 Å². The van der Waals surface area contributed by atoms with Crippen molar-refractivity contribution in [2.75, 3.05) is 0 Å². The molecule has 1 aromatic heterocycles. The van der Waals surface area contributed by atoms with Gasteiger partial charge in [0.05, 0.1) is 11.9 Å². The zero-order valence-electron chi connectivity index (χ0n) is 9.49. The summed E-state index contributed by atoms with van der Waals surface area (Å²) in [6, 6.07) is 0.352. The number of tetrazole rings is 1. The van der Waals surface area contributed by atoms with Gasteiger partial charge in [0.1, 0.15) is 0 Å². The highest BCUT2D eigenvalue weighted by atomic mass is 35.5. The fraction of sp³-hybridized carbons (Fsp3) is 0.900. The van der Waals surface area contributed by atoms with Gasteiger partial charge in [-0.1, -0.05) is 32.6 Å². The van der Waals surface area contributed by atoms with Crippen molar-refractivity contribution >= 4 is 11.6 Å². The Balaban J connectivity index is 2.36. The minimum absolute atomic E-state index is 0.352. The van der Waals surface area contributed by atoms with Crippen LogP contribution >= 0.6 is 11.6 Å². The van der Waals surface area contributed by atoms with Crippen molar-refractivity contribution in [2.45, 2.75) is 57.9 Å². The Hall–Kier alpha value is -0.640. The van der Waals surface area contributed by atoms with Crippen molar-refractivity contribution in [3.05, 3.63) is 5.82 Å². The van der Waals surface area contributed by atoms with E-state index in [4.69, 9.17) is 11.6 Å². The molecule has 0 aliphatic heterocycles. The van der Waals surface area contributed by atoms with E-state index in [0.29, 0.717) is 11.9 Å².